The zero-order chi connectivity index (χ0) is 16.1. The molecule has 0 radical (unpaired) electrons. The Kier molecular flexibility index (Phi) is 10.2. The van der Waals surface area contributed by atoms with Gasteiger partial charge in [-0.25, -0.2) is 4.57 Å². The van der Waals surface area contributed by atoms with Crippen LogP contribution in [-0.4, -0.2) is 11.5 Å². The molecule has 5 heteroatoms. The third-order valence-corrected chi connectivity index (χ3v) is 4.42. The van der Waals surface area contributed by atoms with Crippen molar-refractivity contribution >= 4 is 7.82 Å². The summed E-state index contributed by atoms with van der Waals surface area (Å²) < 4.78 is 21.7. The van der Waals surface area contributed by atoms with Gasteiger partial charge in [0.15, 0.2) is 0 Å². The Labute approximate surface area is 134 Å². The average Bonchev–Trinajstić information content (AvgIpc) is 2.49. The fourth-order valence-electron chi connectivity index (χ4n) is 2.23. The lowest BCUT2D eigenvalue weighted by atomic mass is 10.1. The predicted molar refractivity (Wildman–Crippen MR) is 90.1 cm³/mol. The van der Waals surface area contributed by atoms with Gasteiger partial charge in [-0.3, -0.25) is 9.42 Å². The molecular formula is C17H29O4P. The summed E-state index contributed by atoms with van der Waals surface area (Å²) in [5, 5.41) is 0. The minimum absolute atomic E-state index is 0.260. The van der Waals surface area contributed by atoms with E-state index in [1.54, 1.807) is 24.3 Å². The molecule has 0 fully saturated rings. The largest absolute Gasteiger partial charge is 0.527 e. The van der Waals surface area contributed by atoms with E-state index in [-0.39, 0.29) is 6.61 Å². The van der Waals surface area contributed by atoms with Gasteiger partial charge in [0.05, 0.1) is 6.61 Å². The van der Waals surface area contributed by atoms with Gasteiger partial charge in [-0.2, -0.15) is 0 Å². The number of rotatable bonds is 13. The molecule has 4 nitrogen and oxygen atoms in total. The predicted octanol–water partition coefficient (Wildman–Crippen LogP) is 5.71. The van der Waals surface area contributed by atoms with Gasteiger partial charge in [0.25, 0.3) is 0 Å². The van der Waals surface area contributed by atoms with E-state index in [0.717, 1.165) is 19.3 Å². The Morgan fingerprint density at radius 3 is 2.05 bits per heavy atom. The van der Waals surface area contributed by atoms with Crippen molar-refractivity contribution in [1.82, 2.24) is 0 Å². The van der Waals surface area contributed by atoms with Crippen LogP contribution in [0.15, 0.2) is 30.3 Å². The lowest BCUT2D eigenvalue weighted by Crippen LogP contribution is -1.99. The second kappa shape index (κ2) is 11.7. The van der Waals surface area contributed by atoms with Crippen LogP contribution in [0.3, 0.4) is 0 Å². The number of phosphoric acid groups is 1. The van der Waals surface area contributed by atoms with E-state index < -0.39 is 7.82 Å². The second-order valence-electron chi connectivity index (χ2n) is 5.53. The van der Waals surface area contributed by atoms with Crippen molar-refractivity contribution < 1.29 is 18.5 Å². The van der Waals surface area contributed by atoms with Crippen molar-refractivity contribution in [2.45, 2.75) is 64.7 Å². The van der Waals surface area contributed by atoms with Gasteiger partial charge in [0.2, 0.25) is 0 Å². The average molecular weight is 328 g/mol. The van der Waals surface area contributed by atoms with Crippen LogP contribution in [0.4, 0.5) is 0 Å². The van der Waals surface area contributed by atoms with Crippen LogP contribution in [-0.2, 0) is 9.09 Å². The van der Waals surface area contributed by atoms with Crippen molar-refractivity contribution in [2.75, 3.05) is 6.61 Å². The van der Waals surface area contributed by atoms with Crippen molar-refractivity contribution in [3.8, 4) is 5.75 Å². The molecule has 126 valence electrons. The molecule has 1 N–H and O–H groups in total. The number of unbranched alkanes of at least 4 members (excludes halogenated alkanes) is 8. The van der Waals surface area contributed by atoms with Gasteiger partial charge in [-0.05, 0) is 18.6 Å². The molecule has 0 saturated carbocycles. The molecular weight excluding hydrogens is 299 g/mol. The molecule has 0 aromatic heterocycles. The number of phosphoric ester groups is 1. The molecule has 1 unspecified atom stereocenters. The van der Waals surface area contributed by atoms with E-state index in [0.29, 0.717) is 5.75 Å². The second-order valence-corrected chi connectivity index (χ2v) is 6.91. The normalized spacial score (nSPS) is 13.7. The summed E-state index contributed by atoms with van der Waals surface area (Å²) in [5.74, 6) is 0.348. The molecule has 0 saturated heterocycles. The monoisotopic (exact) mass is 328 g/mol. The quantitative estimate of drug-likeness (QED) is 0.372. The Hall–Kier alpha value is -0.830. The summed E-state index contributed by atoms with van der Waals surface area (Å²) >= 11 is 0. The molecule has 0 aliphatic heterocycles. The van der Waals surface area contributed by atoms with E-state index >= 15 is 0 Å². The highest BCUT2D eigenvalue weighted by Gasteiger charge is 2.22. The standard InChI is InChI=1S/C17H29O4P/c1-2-3-4-5-6-7-8-9-13-16-20-22(18,19)21-17-14-11-10-12-15-17/h10-12,14-15H,2-9,13,16H2,1H3,(H,18,19). The van der Waals surface area contributed by atoms with Crippen LogP contribution in [0.1, 0.15) is 64.7 Å². The van der Waals surface area contributed by atoms with Gasteiger partial charge in [-0.15, -0.1) is 0 Å². The fraction of sp³-hybridized carbons (Fsp3) is 0.647. The Balaban J connectivity index is 2.00. The third kappa shape index (κ3) is 9.99. The zero-order valence-corrected chi connectivity index (χ0v) is 14.5. The van der Waals surface area contributed by atoms with Crippen molar-refractivity contribution in [1.29, 1.82) is 0 Å². The molecule has 0 bridgehead atoms. The highest BCUT2D eigenvalue weighted by atomic mass is 31.2. The maximum atomic E-state index is 11.7. The molecule has 0 aliphatic rings. The highest BCUT2D eigenvalue weighted by Crippen LogP contribution is 2.43. The number of hydrogen-bond donors (Lipinski definition) is 1. The van der Waals surface area contributed by atoms with Gasteiger partial charge in [-0.1, -0.05) is 76.5 Å². The SMILES string of the molecule is CCCCCCCCCCCOP(=O)(O)Oc1ccccc1. The molecule has 1 rings (SSSR count). The summed E-state index contributed by atoms with van der Waals surface area (Å²) in [4.78, 5) is 9.60. The maximum absolute atomic E-state index is 11.7. The van der Waals surface area contributed by atoms with Gasteiger partial charge in [0, 0.05) is 0 Å². The summed E-state index contributed by atoms with van der Waals surface area (Å²) in [7, 11) is -3.99. The summed E-state index contributed by atoms with van der Waals surface area (Å²) in [5.41, 5.74) is 0. The lowest BCUT2D eigenvalue weighted by Gasteiger charge is -2.12. The summed E-state index contributed by atoms with van der Waals surface area (Å²) in [6.45, 7) is 2.48. The lowest BCUT2D eigenvalue weighted by molar-refractivity contribution is 0.199. The first-order chi connectivity index (χ1) is 10.6. The molecule has 1 atom stereocenters. The topological polar surface area (TPSA) is 55.8 Å². The minimum Gasteiger partial charge on any atom is -0.404 e. The molecule has 0 spiro atoms. The van der Waals surface area contributed by atoms with Crippen LogP contribution in [0, 0.1) is 0 Å². The molecule has 0 aliphatic carbocycles. The third-order valence-electron chi connectivity index (χ3n) is 3.47. The Morgan fingerprint density at radius 1 is 0.909 bits per heavy atom. The van der Waals surface area contributed by atoms with E-state index in [4.69, 9.17) is 9.05 Å². The Morgan fingerprint density at radius 2 is 1.45 bits per heavy atom. The fourth-order valence-corrected chi connectivity index (χ4v) is 3.03. The minimum atomic E-state index is -3.99. The molecule has 22 heavy (non-hydrogen) atoms. The van der Waals surface area contributed by atoms with E-state index in [1.165, 1.54) is 38.5 Å². The zero-order valence-electron chi connectivity index (χ0n) is 13.6. The van der Waals surface area contributed by atoms with Crippen LogP contribution in [0.5, 0.6) is 5.75 Å². The maximum Gasteiger partial charge on any atom is 0.527 e. The van der Waals surface area contributed by atoms with Crippen molar-refractivity contribution in [2.24, 2.45) is 0 Å². The first-order valence-electron chi connectivity index (χ1n) is 8.36. The van der Waals surface area contributed by atoms with Crippen LogP contribution in [0.2, 0.25) is 0 Å². The van der Waals surface area contributed by atoms with Gasteiger partial charge < -0.3 is 4.52 Å². The Bertz CT molecular complexity index is 422. The van der Waals surface area contributed by atoms with Crippen molar-refractivity contribution in [3.63, 3.8) is 0 Å². The number of benzene rings is 1. The van der Waals surface area contributed by atoms with E-state index in [1.807, 2.05) is 6.07 Å². The van der Waals surface area contributed by atoms with E-state index in [9.17, 15) is 9.46 Å². The first-order valence-corrected chi connectivity index (χ1v) is 9.85. The first kappa shape index (κ1) is 19.2. The van der Waals surface area contributed by atoms with Gasteiger partial charge in [0.1, 0.15) is 5.75 Å². The van der Waals surface area contributed by atoms with Crippen molar-refractivity contribution in [3.05, 3.63) is 30.3 Å². The van der Waals surface area contributed by atoms with Crippen LogP contribution >= 0.6 is 7.82 Å². The number of hydrogen-bond acceptors (Lipinski definition) is 3. The van der Waals surface area contributed by atoms with Gasteiger partial charge >= 0.3 is 7.82 Å². The molecule has 0 amide bonds. The number of para-hydroxylation sites is 1. The van der Waals surface area contributed by atoms with E-state index in [2.05, 4.69) is 6.92 Å². The molecule has 1 aromatic carbocycles. The van der Waals surface area contributed by atoms with Crippen LogP contribution < -0.4 is 4.52 Å². The highest BCUT2D eigenvalue weighted by molar-refractivity contribution is 7.47. The molecule has 1 aromatic rings. The smallest absolute Gasteiger partial charge is 0.404 e. The summed E-state index contributed by atoms with van der Waals surface area (Å²) in [6, 6.07) is 8.57. The van der Waals surface area contributed by atoms with Crippen LogP contribution in [0.25, 0.3) is 0 Å². The molecule has 0 heterocycles. The summed E-state index contributed by atoms with van der Waals surface area (Å²) in [6.07, 6.45) is 10.8.